The van der Waals surface area contributed by atoms with E-state index in [1.807, 2.05) is 58.1 Å². The SMILES string of the molecule is CCC(/C=C/[C@@H]1OC(=O)C=C[C@@H]1C)=C\[C@@H](C)C/C=C/C(C)=C/[C@H](C)C(=O)[C@@H](C)[C@H](O)[C@@H](C)C/C(C)=C/C(=O)O. The summed E-state index contributed by atoms with van der Waals surface area (Å²) in [6, 6.07) is 0. The number of allylic oxidation sites excluding steroid dienone is 8. The average Bonchev–Trinajstić information content (AvgIpc) is 2.86. The molecule has 0 bridgehead atoms. The molecule has 1 rings (SSSR count). The van der Waals surface area contributed by atoms with E-state index in [-0.39, 0.29) is 35.6 Å². The van der Waals surface area contributed by atoms with E-state index in [4.69, 9.17) is 9.84 Å². The Balaban J connectivity index is 2.69. The number of aliphatic carboxylic acids is 1. The van der Waals surface area contributed by atoms with Gasteiger partial charge in [0.05, 0.1) is 6.10 Å². The Morgan fingerprint density at radius 1 is 1.10 bits per heavy atom. The second-order valence-corrected chi connectivity index (χ2v) is 11.1. The number of carboxylic acids is 1. The van der Waals surface area contributed by atoms with Crippen molar-refractivity contribution in [2.75, 3.05) is 0 Å². The number of carboxylic acid groups (broad SMARTS) is 1. The fourth-order valence-corrected chi connectivity index (χ4v) is 4.75. The summed E-state index contributed by atoms with van der Waals surface area (Å²) in [6.45, 7) is 15.4. The largest absolute Gasteiger partial charge is 0.478 e. The first-order chi connectivity index (χ1) is 18.2. The van der Waals surface area contributed by atoms with E-state index in [2.05, 4.69) is 26.0 Å². The Morgan fingerprint density at radius 2 is 1.77 bits per heavy atom. The summed E-state index contributed by atoms with van der Waals surface area (Å²) in [5.41, 5.74) is 2.84. The number of ketones is 1. The van der Waals surface area contributed by atoms with E-state index in [0.29, 0.717) is 17.9 Å². The second kappa shape index (κ2) is 16.9. The summed E-state index contributed by atoms with van der Waals surface area (Å²) < 4.78 is 5.39. The molecule has 0 saturated carbocycles. The highest BCUT2D eigenvalue weighted by Gasteiger charge is 2.29. The molecule has 0 amide bonds. The number of esters is 1. The molecule has 0 aliphatic carbocycles. The van der Waals surface area contributed by atoms with Crippen LogP contribution in [0.4, 0.5) is 0 Å². The highest BCUT2D eigenvalue weighted by molar-refractivity contribution is 5.85. The monoisotopic (exact) mass is 540 g/mol. The molecular formula is C33H48O6. The lowest BCUT2D eigenvalue weighted by atomic mass is 9.83. The van der Waals surface area contributed by atoms with Crippen molar-refractivity contribution in [1.29, 1.82) is 0 Å². The van der Waals surface area contributed by atoms with Gasteiger partial charge in [0.1, 0.15) is 11.9 Å². The van der Waals surface area contributed by atoms with E-state index in [1.54, 1.807) is 13.8 Å². The van der Waals surface area contributed by atoms with Gasteiger partial charge in [0.25, 0.3) is 0 Å². The number of rotatable bonds is 15. The highest BCUT2D eigenvalue weighted by Crippen LogP contribution is 2.24. The van der Waals surface area contributed by atoms with E-state index in [1.165, 1.54) is 11.6 Å². The number of aliphatic hydroxyl groups is 1. The topological polar surface area (TPSA) is 101 Å². The summed E-state index contributed by atoms with van der Waals surface area (Å²) in [5, 5.41) is 19.6. The zero-order chi connectivity index (χ0) is 29.7. The number of cyclic esters (lactones) is 1. The molecule has 6 nitrogen and oxygen atoms in total. The molecule has 7 atom stereocenters. The molecule has 0 spiro atoms. The van der Waals surface area contributed by atoms with Gasteiger partial charge < -0.3 is 14.9 Å². The Hall–Kier alpha value is -2.99. The quantitative estimate of drug-likeness (QED) is 0.135. The van der Waals surface area contributed by atoms with Crippen LogP contribution in [0.3, 0.4) is 0 Å². The molecule has 0 radical (unpaired) electrons. The molecule has 216 valence electrons. The molecule has 1 aliphatic heterocycles. The number of ether oxygens (including phenoxy) is 1. The summed E-state index contributed by atoms with van der Waals surface area (Å²) in [6.07, 6.45) is 17.8. The molecule has 0 aromatic rings. The minimum absolute atomic E-state index is 0.0360. The third-order valence-electron chi connectivity index (χ3n) is 7.12. The first-order valence-electron chi connectivity index (χ1n) is 14.0. The van der Waals surface area contributed by atoms with Crippen molar-refractivity contribution >= 4 is 17.7 Å². The van der Waals surface area contributed by atoms with E-state index in [9.17, 15) is 19.5 Å². The van der Waals surface area contributed by atoms with Gasteiger partial charge in [-0.15, -0.1) is 0 Å². The lowest BCUT2D eigenvalue weighted by Gasteiger charge is -2.25. The van der Waals surface area contributed by atoms with Gasteiger partial charge >= 0.3 is 11.9 Å². The van der Waals surface area contributed by atoms with Crippen LogP contribution < -0.4 is 0 Å². The molecule has 1 aliphatic rings. The maximum atomic E-state index is 13.0. The average molecular weight is 541 g/mol. The molecule has 0 aromatic heterocycles. The van der Waals surface area contributed by atoms with Crippen LogP contribution >= 0.6 is 0 Å². The van der Waals surface area contributed by atoms with Crippen molar-refractivity contribution in [3.05, 3.63) is 71.4 Å². The van der Waals surface area contributed by atoms with Crippen molar-refractivity contribution in [3.63, 3.8) is 0 Å². The van der Waals surface area contributed by atoms with Crippen LogP contribution in [0.15, 0.2) is 71.4 Å². The lowest BCUT2D eigenvalue weighted by Crippen LogP contribution is -2.34. The van der Waals surface area contributed by atoms with Crippen LogP contribution in [-0.4, -0.2) is 40.1 Å². The van der Waals surface area contributed by atoms with Crippen molar-refractivity contribution < 1.29 is 29.3 Å². The summed E-state index contributed by atoms with van der Waals surface area (Å²) in [5.74, 6) is -2.01. The zero-order valence-corrected chi connectivity index (χ0v) is 24.9. The third kappa shape index (κ3) is 12.6. The summed E-state index contributed by atoms with van der Waals surface area (Å²) in [4.78, 5) is 35.3. The number of aliphatic hydroxyl groups excluding tert-OH is 1. The predicted molar refractivity (Wildman–Crippen MR) is 157 cm³/mol. The Labute approximate surface area is 234 Å². The molecule has 1 heterocycles. The van der Waals surface area contributed by atoms with Gasteiger partial charge in [-0.1, -0.05) is 94.7 Å². The van der Waals surface area contributed by atoms with Gasteiger partial charge in [0, 0.05) is 29.9 Å². The molecule has 39 heavy (non-hydrogen) atoms. The zero-order valence-electron chi connectivity index (χ0n) is 24.9. The highest BCUT2D eigenvalue weighted by atomic mass is 16.5. The van der Waals surface area contributed by atoms with Gasteiger partial charge in [-0.05, 0) is 51.0 Å². The van der Waals surface area contributed by atoms with Crippen molar-refractivity contribution in [2.24, 2.45) is 29.6 Å². The van der Waals surface area contributed by atoms with Gasteiger partial charge in [0.2, 0.25) is 0 Å². The molecule has 0 saturated heterocycles. The Kier molecular flexibility index (Phi) is 14.7. The van der Waals surface area contributed by atoms with Crippen molar-refractivity contribution in [1.82, 2.24) is 0 Å². The summed E-state index contributed by atoms with van der Waals surface area (Å²) >= 11 is 0. The minimum atomic E-state index is -1.01. The standard InChI is InChI=1S/C33H48O6/c1-9-28(14-15-29-24(5)13-16-31(36)39-29)19-22(3)12-10-11-21(2)17-25(6)32(37)27(8)33(38)26(7)18-23(4)20-30(34)35/h10-11,13-17,19-20,22,24-27,29,33,38H,9,12,18H2,1-8H3,(H,34,35)/b11-10+,15-14+,21-17+,23-20+,28-19+/t22-,24-,25-,26-,27+,29-,33+/m0/s1. The molecule has 0 aromatic carbocycles. The van der Waals surface area contributed by atoms with E-state index in [0.717, 1.165) is 24.5 Å². The lowest BCUT2D eigenvalue weighted by molar-refractivity contribution is -0.143. The Morgan fingerprint density at radius 3 is 2.38 bits per heavy atom. The van der Waals surface area contributed by atoms with Crippen LogP contribution in [0.5, 0.6) is 0 Å². The second-order valence-electron chi connectivity index (χ2n) is 11.1. The van der Waals surface area contributed by atoms with E-state index >= 15 is 0 Å². The molecule has 6 heteroatoms. The van der Waals surface area contributed by atoms with Crippen molar-refractivity contribution in [3.8, 4) is 0 Å². The molecular weight excluding hydrogens is 492 g/mol. The van der Waals surface area contributed by atoms with Crippen LogP contribution in [0, 0.1) is 29.6 Å². The predicted octanol–water partition coefficient (Wildman–Crippen LogP) is 6.78. The summed E-state index contributed by atoms with van der Waals surface area (Å²) in [7, 11) is 0. The van der Waals surface area contributed by atoms with Gasteiger partial charge in [-0.25, -0.2) is 9.59 Å². The van der Waals surface area contributed by atoms with Gasteiger partial charge in [-0.3, -0.25) is 4.79 Å². The number of hydrogen-bond acceptors (Lipinski definition) is 5. The van der Waals surface area contributed by atoms with Crippen LogP contribution in [0.1, 0.15) is 74.7 Å². The first-order valence-corrected chi connectivity index (χ1v) is 14.0. The first kappa shape index (κ1) is 34.0. The normalized spacial score (nSPS) is 23.0. The van der Waals surface area contributed by atoms with Gasteiger partial charge in [-0.2, -0.15) is 0 Å². The fraction of sp³-hybridized carbons (Fsp3) is 0.545. The molecule has 0 fully saturated rings. The van der Waals surface area contributed by atoms with Crippen LogP contribution in [0.2, 0.25) is 0 Å². The number of carbonyl (C=O) groups is 3. The van der Waals surface area contributed by atoms with Crippen molar-refractivity contribution in [2.45, 2.75) is 86.9 Å². The number of hydrogen-bond donors (Lipinski definition) is 2. The number of Topliss-reactive ketones (excluding diaryl/α,β-unsaturated/α-hetero) is 1. The molecule has 2 N–H and O–H groups in total. The van der Waals surface area contributed by atoms with Crippen LogP contribution in [-0.2, 0) is 19.1 Å². The number of carbonyl (C=O) groups excluding carboxylic acids is 2. The third-order valence-corrected chi connectivity index (χ3v) is 7.12. The van der Waals surface area contributed by atoms with Gasteiger partial charge in [0.15, 0.2) is 0 Å². The maximum Gasteiger partial charge on any atom is 0.331 e. The smallest absolute Gasteiger partial charge is 0.331 e. The van der Waals surface area contributed by atoms with E-state index < -0.39 is 18.0 Å². The molecule has 0 unspecified atom stereocenters. The fourth-order valence-electron chi connectivity index (χ4n) is 4.75. The van der Waals surface area contributed by atoms with Crippen LogP contribution in [0.25, 0.3) is 0 Å². The minimum Gasteiger partial charge on any atom is -0.478 e. The maximum absolute atomic E-state index is 13.0. The Bertz CT molecular complexity index is 1020.